The van der Waals surface area contributed by atoms with E-state index in [1.807, 2.05) is 36.3 Å². The summed E-state index contributed by atoms with van der Waals surface area (Å²) in [6, 6.07) is 0. The molecule has 0 bridgehead atoms. The fourth-order valence-electron chi connectivity index (χ4n) is 1.88. The van der Waals surface area contributed by atoms with Gasteiger partial charge in [-0.15, -0.1) is 0 Å². The molecule has 102 valence electrons. The van der Waals surface area contributed by atoms with Crippen LogP contribution in [0.5, 0.6) is 0 Å². The molecule has 0 N–H and O–H groups in total. The zero-order chi connectivity index (χ0) is 14.5. The average Bonchev–Trinajstić information content (AvgIpc) is 2.46. The molecule has 1 aliphatic heterocycles. The summed E-state index contributed by atoms with van der Waals surface area (Å²) in [6.07, 6.45) is 14.8. The zero-order valence-electron chi connectivity index (χ0n) is 11.0. The quantitative estimate of drug-likeness (QED) is 0.449. The van der Waals surface area contributed by atoms with Gasteiger partial charge in [0.15, 0.2) is 5.78 Å². The topological polar surface area (TPSA) is 63.4 Å². The van der Waals surface area contributed by atoms with E-state index in [1.54, 1.807) is 12.2 Å². The van der Waals surface area contributed by atoms with Crippen molar-refractivity contribution in [3.8, 4) is 0 Å². The van der Waals surface area contributed by atoms with Gasteiger partial charge in [-0.2, -0.15) is 0 Å². The van der Waals surface area contributed by atoms with E-state index in [1.165, 1.54) is 18.2 Å². The number of nitrogens with zero attached hydrogens (tertiary/aromatic N) is 2. The van der Waals surface area contributed by atoms with Crippen molar-refractivity contribution in [2.24, 2.45) is 0 Å². The fraction of sp³-hybridized carbons (Fsp3) is 0.133. The fourth-order valence-corrected chi connectivity index (χ4v) is 1.88. The number of ketones is 1. The van der Waals surface area contributed by atoms with E-state index in [9.17, 15) is 14.9 Å². The van der Waals surface area contributed by atoms with Crippen molar-refractivity contribution in [2.45, 2.75) is 6.92 Å². The second kappa shape index (κ2) is 5.97. The van der Waals surface area contributed by atoms with Crippen LogP contribution in [0.15, 0.2) is 71.8 Å². The van der Waals surface area contributed by atoms with E-state index in [0.717, 1.165) is 12.2 Å². The maximum atomic E-state index is 11.7. The highest BCUT2D eigenvalue weighted by molar-refractivity contribution is 6.07. The van der Waals surface area contributed by atoms with Gasteiger partial charge in [-0.1, -0.05) is 6.08 Å². The van der Waals surface area contributed by atoms with E-state index in [2.05, 4.69) is 0 Å². The first-order valence-electron chi connectivity index (χ1n) is 6.24. The first-order chi connectivity index (χ1) is 9.61. The molecule has 2 aliphatic rings. The van der Waals surface area contributed by atoms with Crippen LogP contribution in [0.25, 0.3) is 0 Å². The molecular formula is C15H14N2O3. The average molecular weight is 270 g/mol. The summed E-state index contributed by atoms with van der Waals surface area (Å²) < 4.78 is 0. The molecule has 0 radical (unpaired) electrons. The molecule has 5 nitrogen and oxygen atoms in total. The van der Waals surface area contributed by atoms with Crippen LogP contribution in [0.2, 0.25) is 0 Å². The van der Waals surface area contributed by atoms with Gasteiger partial charge >= 0.3 is 0 Å². The molecule has 0 aromatic rings. The lowest BCUT2D eigenvalue weighted by atomic mass is 10.0. The monoisotopic (exact) mass is 270 g/mol. The van der Waals surface area contributed by atoms with Crippen LogP contribution in [0.4, 0.5) is 0 Å². The van der Waals surface area contributed by atoms with Crippen molar-refractivity contribution in [2.75, 3.05) is 6.54 Å². The molecule has 0 saturated carbocycles. The minimum Gasteiger partial charge on any atom is -0.348 e. The largest absolute Gasteiger partial charge is 0.348 e. The summed E-state index contributed by atoms with van der Waals surface area (Å²) in [5.41, 5.74) is 1.16. The minimum absolute atomic E-state index is 0.0827. The van der Waals surface area contributed by atoms with Crippen LogP contribution < -0.4 is 0 Å². The molecule has 0 aromatic carbocycles. The van der Waals surface area contributed by atoms with Crippen LogP contribution in [-0.4, -0.2) is 22.2 Å². The molecule has 0 aromatic heterocycles. The Hall–Kier alpha value is -2.69. The highest BCUT2D eigenvalue weighted by Crippen LogP contribution is 2.16. The molecular weight excluding hydrogens is 256 g/mol. The van der Waals surface area contributed by atoms with Gasteiger partial charge in [-0.3, -0.25) is 14.9 Å². The molecule has 2 rings (SSSR count). The van der Waals surface area contributed by atoms with Gasteiger partial charge < -0.3 is 4.90 Å². The summed E-state index contributed by atoms with van der Waals surface area (Å²) >= 11 is 0. The molecule has 0 atom stereocenters. The molecule has 20 heavy (non-hydrogen) atoms. The second-order valence-electron chi connectivity index (χ2n) is 4.22. The normalized spacial score (nSPS) is 21.8. The lowest BCUT2D eigenvalue weighted by Crippen LogP contribution is -2.16. The van der Waals surface area contributed by atoms with Gasteiger partial charge in [0.2, 0.25) is 0 Å². The Bertz CT molecular complexity index is 619. The van der Waals surface area contributed by atoms with Crippen molar-refractivity contribution in [1.29, 1.82) is 0 Å². The molecule has 5 heteroatoms. The van der Waals surface area contributed by atoms with Crippen LogP contribution in [0.3, 0.4) is 0 Å². The maximum Gasteiger partial charge on any atom is 0.270 e. The number of allylic oxidation sites excluding steroid dienone is 9. The van der Waals surface area contributed by atoms with Crippen LogP contribution in [0, 0.1) is 10.1 Å². The van der Waals surface area contributed by atoms with Crippen molar-refractivity contribution in [3.63, 3.8) is 0 Å². The Balaban J connectivity index is 2.28. The lowest BCUT2D eigenvalue weighted by molar-refractivity contribution is -0.419. The Morgan fingerprint density at radius 1 is 1.25 bits per heavy atom. The SMILES string of the molecule is CCN1C=CC=C/C1=C/C=C1\C=C([N+](=O)[O-])C=CC1=O. The molecule has 0 fully saturated rings. The summed E-state index contributed by atoms with van der Waals surface area (Å²) in [4.78, 5) is 23.9. The van der Waals surface area contributed by atoms with Crippen LogP contribution >= 0.6 is 0 Å². The van der Waals surface area contributed by atoms with Crippen LogP contribution in [0.1, 0.15) is 6.92 Å². The highest BCUT2D eigenvalue weighted by Gasteiger charge is 2.16. The Kier molecular flexibility index (Phi) is 4.10. The molecule has 0 spiro atoms. The van der Waals surface area contributed by atoms with Gasteiger partial charge in [0.1, 0.15) is 0 Å². The minimum atomic E-state index is -0.508. The summed E-state index contributed by atoms with van der Waals surface area (Å²) in [5.74, 6) is -0.231. The Morgan fingerprint density at radius 3 is 2.75 bits per heavy atom. The van der Waals surface area contributed by atoms with Gasteiger partial charge in [0.05, 0.1) is 4.92 Å². The van der Waals surface area contributed by atoms with Crippen LogP contribution in [-0.2, 0) is 4.79 Å². The molecule has 0 amide bonds. The third-order valence-corrected chi connectivity index (χ3v) is 2.95. The predicted octanol–water partition coefficient (Wildman–Crippen LogP) is 2.50. The summed E-state index contributed by atoms with van der Waals surface area (Å²) in [6.45, 7) is 2.82. The second-order valence-corrected chi connectivity index (χ2v) is 4.22. The third kappa shape index (κ3) is 3.00. The number of carbonyl (C=O) groups excluding carboxylic acids is 1. The lowest BCUT2D eigenvalue weighted by Gasteiger charge is -2.21. The van der Waals surface area contributed by atoms with Gasteiger partial charge in [-0.25, -0.2) is 0 Å². The van der Waals surface area contributed by atoms with Crippen molar-refractivity contribution < 1.29 is 9.72 Å². The smallest absolute Gasteiger partial charge is 0.270 e. The molecule has 1 aliphatic carbocycles. The number of likely N-dealkylation sites (N-methyl/N-ethyl adjacent to an activating group) is 1. The number of rotatable bonds is 3. The van der Waals surface area contributed by atoms with E-state index in [0.29, 0.717) is 5.57 Å². The highest BCUT2D eigenvalue weighted by atomic mass is 16.6. The van der Waals surface area contributed by atoms with E-state index in [-0.39, 0.29) is 11.5 Å². The summed E-state index contributed by atoms with van der Waals surface area (Å²) in [5, 5.41) is 10.7. The predicted molar refractivity (Wildman–Crippen MR) is 76.1 cm³/mol. The third-order valence-electron chi connectivity index (χ3n) is 2.95. The van der Waals surface area contributed by atoms with E-state index in [4.69, 9.17) is 0 Å². The number of nitro groups is 1. The first kappa shape index (κ1) is 13.7. The van der Waals surface area contributed by atoms with Crippen molar-refractivity contribution in [3.05, 3.63) is 81.9 Å². The maximum absolute atomic E-state index is 11.7. The summed E-state index contributed by atoms with van der Waals surface area (Å²) in [7, 11) is 0. The Labute approximate surface area is 116 Å². The van der Waals surface area contributed by atoms with Gasteiger partial charge in [-0.05, 0) is 37.3 Å². The standard InChI is InChI=1S/C15H14N2O3/c1-2-16-10-4-3-5-13(16)7-6-12-11-14(17(19)20)8-9-15(12)18/h3-11H,2H2,1H3/b12-6+,13-7-. The van der Waals surface area contributed by atoms with Gasteiger partial charge in [0, 0.05) is 36.2 Å². The van der Waals surface area contributed by atoms with E-state index < -0.39 is 4.92 Å². The Morgan fingerprint density at radius 2 is 2.05 bits per heavy atom. The number of hydrogen-bond acceptors (Lipinski definition) is 4. The molecule has 0 saturated heterocycles. The zero-order valence-corrected chi connectivity index (χ0v) is 11.0. The first-order valence-corrected chi connectivity index (χ1v) is 6.24. The van der Waals surface area contributed by atoms with Crippen molar-refractivity contribution >= 4 is 5.78 Å². The molecule has 0 unspecified atom stereocenters. The van der Waals surface area contributed by atoms with Crippen molar-refractivity contribution in [1.82, 2.24) is 4.90 Å². The number of carbonyl (C=O) groups is 1. The van der Waals surface area contributed by atoms with Gasteiger partial charge in [0.25, 0.3) is 5.70 Å². The van der Waals surface area contributed by atoms with E-state index >= 15 is 0 Å². The molecule has 1 heterocycles. The number of hydrogen-bond donors (Lipinski definition) is 0.